The van der Waals surface area contributed by atoms with Gasteiger partial charge in [-0.15, -0.1) is 11.3 Å². The van der Waals surface area contributed by atoms with Gasteiger partial charge in [-0.3, -0.25) is 10.1 Å². The first-order valence-electron chi connectivity index (χ1n) is 7.07. The highest BCUT2D eigenvalue weighted by molar-refractivity contribution is 7.11. The molecule has 0 amide bonds. The number of nitro groups is 1. The number of anilines is 1. The summed E-state index contributed by atoms with van der Waals surface area (Å²) in [6.07, 6.45) is 3.42. The lowest BCUT2D eigenvalue weighted by Crippen LogP contribution is -2.09. The molecule has 1 aliphatic carbocycles. The molecule has 6 heteroatoms. The topological polar surface area (TPSA) is 68.1 Å². The zero-order chi connectivity index (χ0) is 14.8. The first-order chi connectivity index (χ1) is 10.1. The molecule has 1 atom stereocenters. The summed E-state index contributed by atoms with van der Waals surface area (Å²) >= 11 is 1.76. The van der Waals surface area contributed by atoms with Crippen molar-refractivity contribution in [2.24, 2.45) is 5.92 Å². The third kappa shape index (κ3) is 3.21. The maximum Gasteiger partial charge on any atom is 0.271 e. The van der Waals surface area contributed by atoms with Gasteiger partial charge in [-0.25, -0.2) is 4.98 Å². The van der Waals surface area contributed by atoms with E-state index in [4.69, 9.17) is 0 Å². The fourth-order valence-electron chi connectivity index (χ4n) is 2.58. The molecule has 1 N–H and O–H groups in total. The van der Waals surface area contributed by atoms with Gasteiger partial charge in [0.2, 0.25) is 0 Å². The lowest BCUT2D eigenvalue weighted by Gasteiger charge is -2.15. The molecule has 0 saturated heterocycles. The number of nitrogens with zero attached hydrogens (tertiary/aromatic N) is 2. The van der Waals surface area contributed by atoms with E-state index in [9.17, 15) is 10.1 Å². The fourth-order valence-corrected chi connectivity index (χ4v) is 3.79. The second-order valence-corrected chi connectivity index (χ2v) is 6.65. The summed E-state index contributed by atoms with van der Waals surface area (Å²) in [6.45, 7) is 2.90. The van der Waals surface area contributed by atoms with Crippen LogP contribution in [0.2, 0.25) is 0 Å². The summed E-state index contributed by atoms with van der Waals surface area (Å²) in [4.78, 5) is 16.5. The number of thiazole rings is 1. The van der Waals surface area contributed by atoms with E-state index in [0.29, 0.717) is 6.54 Å². The molecule has 2 aromatic rings. The second kappa shape index (κ2) is 5.81. The number of rotatable bonds is 4. The molecular weight excluding hydrogens is 286 g/mol. The predicted octanol–water partition coefficient (Wildman–Crippen LogP) is 3.79. The van der Waals surface area contributed by atoms with Crippen molar-refractivity contribution in [3.05, 3.63) is 50.0 Å². The van der Waals surface area contributed by atoms with Gasteiger partial charge >= 0.3 is 0 Å². The number of hydrogen-bond donors (Lipinski definition) is 1. The molecule has 1 aromatic heterocycles. The van der Waals surface area contributed by atoms with Crippen LogP contribution in [0.1, 0.15) is 28.9 Å². The van der Waals surface area contributed by atoms with Crippen molar-refractivity contribution in [1.82, 2.24) is 4.98 Å². The molecule has 0 saturated carbocycles. The maximum atomic E-state index is 10.8. The Hall–Kier alpha value is -1.95. The molecule has 0 radical (unpaired) electrons. The van der Waals surface area contributed by atoms with E-state index < -0.39 is 0 Å². The highest BCUT2D eigenvalue weighted by Gasteiger charge is 2.19. The largest absolute Gasteiger partial charge is 0.378 e. The molecule has 110 valence electrons. The lowest BCUT2D eigenvalue weighted by atomic mass is 9.93. The average molecular weight is 303 g/mol. The van der Waals surface area contributed by atoms with Crippen LogP contribution >= 0.6 is 11.3 Å². The minimum Gasteiger partial charge on any atom is -0.378 e. The second-order valence-electron chi connectivity index (χ2n) is 5.49. The van der Waals surface area contributed by atoms with Crippen LogP contribution in [0.3, 0.4) is 0 Å². The van der Waals surface area contributed by atoms with Crippen LogP contribution in [0, 0.1) is 16.0 Å². The Morgan fingerprint density at radius 3 is 3.19 bits per heavy atom. The minimum absolute atomic E-state index is 0.104. The summed E-state index contributed by atoms with van der Waals surface area (Å²) in [5, 5.41) is 15.0. The first-order valence-corrected chi connectivity index (χ1v) is 7.89. The highest BCUT2D eigenvalue weighted by atomic mass is 32.1. The number of nitro benzene ring substituents is 1. The van der Waals surface area contributed by atoms with Gasteiger partial charge in [0.15, 0.2) is 0 Å². The predicted molar refractivity (Wildman–Crippen MR) is 83.7 cm³/mol. The first kappa shape index (κ1) is 14.0. The normalized spacial score (nSPS) is 17.3. The number of hydrogen-bond acceptors (Lipinski definition) is 5. The molecule has 0 bridgehead atoms. The summed E-state index contributed by atoms with van der Waals surface area (Å²) in [5.74, 6) is 0.746. The number of aryl methyl sites for hydroxylation is 1. The number of aromatic nitrogens is 1. The van der Waals surface area contributed by atoms with Crippen molar-refractivity contribution in [1.29, 1.82) is 0 Å². The number of non-ortho nitro benzene ring substituents is 1. The monoisotopic (exact) mass is 303 g/mol. The van der Waals surface area contributed by atoms with Gasteiger partial charge < -0.3 is 5.32 Å². The van der Waals surface area contributed by atoms with E-state index in [0.717, 1.165) is 29.5 Å². The van der Waals surface area contributed by atoms with E-state index >= 15 is 0 Å². The van der Waals surface area contributed by atoms with Crippen molar-refractivity contribution < 1.29 is 4.92 Å². The van der Waals surface area contributed by atoms with E-state index in [1.54, 1.807) is 23.5 Å². The van der Waals surface area contributed by atoms with Gasteiger partial charge in [0.1, 0.15) is 5.01 Å². The number of nitrogens with one attached hydrogen (secondary N) is 1. The van der Waals surface area contributed by atoms with Crippen molar-refractivity contribution in [3.63, 3.8) is 0 Å². The molecule has 1 heterocycles. The Morgan fingerprint density at radius 1 is 1.52 bits per heavy atom. The SMILES string of the molecule is C[C@@H]1CCc2nc(CNc3cccc([N+](=O)[O-])c3)sc2C1. The minimum atomic E-state index is -0.380. The molecule has 0 aliphatic heterocycles. The lowest BCUT2D eigenvalue weighted by molar-refractivity contribution is -0.384. The Labute approximate surface area is 127 Å². The smallest absolute Gasteiger partial charge is 0.271 e. The molecule has 3 rings (SSSR count). The average Bonchev–Trinajstić information content (AvgIpc) is 2.87. The van der Waals surface area contributed by atoms with E-state index in [1.807, 2.05) is 6.07 Å². The Morgan fingerprint density at radius 2 is 2.38 bits per heavy atom. The standard InChI is InChI=1S/C15H17N3O2S/c1-10-5-6-13-14(7-10)21-15(17-13)9-16-11-3-2-4-12(8-11)18(19)20/h2-4,8,10,16H,5-7,9H2,1H3/t10-/m1/s1. The van der Waals surface area contributed by atoms with Crippen LogP contribution in [0.4, 0.5) is 11.4 Å². The zero-order valence-corrected chi connectivity index (χ0v) is 12.7. The zero-order valence-electron chi connectivity index (χ0n) is 11.8. The molecule has 1 aliphatic rings. The van der Waals surface area contributed by atoms with Gasteiger partial charge in [-0.1, -0.05) is 13.0 Å². The van der Waals surface area contributed by atoms with Gasteiger partial charge in [0.05, 0.1) is 17.2 Å². The van der Waals surface area contributed by atoms with Gasteiger partial charge in [-0.2, -0.15) is 0 Å². The van der Waals surface area contributed by atoms with E-state index in [1.165, 1.54) is 23.1 Å². The van der Waals surface area contributed by atoms with Crippen LogP contribution in [-0.2, 0) is 19.4 Å². The van der Waals surface area contributed by atoms with Gasteiger partial charge in [-0.05, 0) is 31.2 Å². The summed E-state index contributed by atoms with van der Waals surface area (Å²) in [5.41, 5.74) is 2.10. The Balaban J connectivity index is 1.68. The molecule has 0 spiro atoms. The van der Waals surface area contributed by atoms with E-state index in [-0.39, 0.29) is 10.6 Å². The molecule has 21 heavy (non-hydrogen) atoms. The summed E-state index contributed by atoms with van der Waals surface area (Å²) in [6, 6.07) is 6.57. The van der Waals surface area contributed by atoms with Crippen LogP contribution in [0.5, 0.6) is 0 Å². The molecule has 0 fully saturated rings. The number of benzene rings is 1. The van der Waals surface area contributed by atoms with Gasteiger partial charge in [0, 0.05) is 22.7 Å². The van der Waals surface area contributed by atoms with E-state index in [2.05, 4.69) is 17.2 Å². The molecule has 1 aromatic carbocycles. The van der Waals surface area contributed by atoms with Crippen LogP contribution < -0.4 is 5.32 Å². The molecule has 5 nitrogen and oxygen atoms in total. The van der Waals surface area contributed by atoms with Crippen molar-refractivity contribution in [3.8, 4) is 0 Å². The maximum absolute atomic E-state index is 10.8. The van der Waals surface area contributed by atoms with Crippen LogP contribution in [0.15, 0.2) is 24.3 Å². The Bertz CT molecular complexity index is 669. The van der Waals surface area contributed by atoms with Crippen molar-refractivity contribution in [2.45, 2.75) is 32.7 Å². The molecule has 0 unspecified atom stereocenters. The van der Waals surface area contributed by atoms with Crippen molar-refractivity contribution >= 4 is 22.7 Å². The summed E-state index contributed by atoms with van der Waals surface area (Å²) < 4.78 is 0. The van der Waals surface area contributed by atoms with Gasteiger partial charge in [0.25, 0.3) is 5.69 Å². The number of fused-ring (bicyclic) bond motifs is 1. The highest BCUT2D eigenvalue weighted by Crippen LogP contribution is 2.30. The molecular formula is C15H17N3O2S. The summed E-state index contributed by atoms with van der Waals surface area (Å²) in [7, 11) is 0. The van der Waals surface area contributed by atoms with Crippen LogP contribution in [0.25, 0.3) is 0 Å². The van der Waals surface area contributed by atoms with Crippen molar-refractivity contribution in [2.75, 3.05) is 5.32 Å². The fraction of sp³-hybridized carbons (Fsp3) is 0.400. The third-order valence-corrected chi connectivity index (χ3v) is 4.85. The van der Waals surface area contributed by atoms with Crippen LogP contribution in [-0.4, -0.2) is 9.91 Å². The quantitative estimate of drug-likeness (QED) is 0.689. The third-order valence-electron chi connectivity index (χ3n) is 3.73. The Kier molecular flexibility index (Phi) is 3.88.